The van der Waals surface area contributed by atoms with Crippen molar-refractivity contribution in [3.05, 3.63) is 29.6 Å². The smallest absolute Gasteiger partial charge is 0.230 e. The first-order chi connectivity index (χ1) is 12.9. The third-order valence-corrected chi connectivity index (χ3v) is 6.60. The highest BCUT2D eigenvalue weighted by Gasteiger charge is 2.54. The molecule has 4 rings (SSSR count). The number of methoxy groups -OCH3 is 1. The molecule has 5 nitrogen and oxygen atoms in total. The molecule has 146 valence electrons. The average molecular weight is 374 g/mol. The number of hydrogen-bond donors (Lipinski definition) is 0. The molecular formula is C21H27FN2O3. The van der Waals surface area contributed by atoms with Gasteiger partial charge < -0.3 is 14.5 Å². The second-order valence-electron chi connectivity index (χ2n) is 8.61. The highest BCUT2D eigenvalue weighted by molar-refractivity contribution is 5.88. The SMILES string of the molecule is COc1ccc(F)c(CN2CCC[C@]3(CCN(C(=O)C4(C)CC4)C3)C2=O)c1. The Morgan fingerprint density at radius 3 is 2.70 bits per heavy atom. The van der Waals surface area contributed by atoms with E-state index in [1.54, 1.807) is 24.1 Å². The van der Waals surface area contributed by atoms with E-state index < -0.39 is 5.41 Å². The maximum atomic E-state index is 14.2. The van der Waals surface area contributed by atoms with Crippen LogP contribution in [0.2, 0.25) is 0 Å². The summed E-state index contributed by atoms with van der Waals surface area (Å²) in [6, 6.07) is 4.62. The van der Waals surface area contributed by atoms with Gasteiger partial charge in [-0.15, -0.1) is 0 Å². The molecular weight excluding hydrogens is 347 g/mol. The summed E-state index contributed by atoms with van der Waals surface area (Å²) in [4.78, 5) is 29.6. The third kappa shape index (κ3) is 3.19. The molecule has 3 fully saturated rings. The molecule has 1 aromatic carbocycles. The molecule has 2 saturated heterocycles. The first-order valence-electron chi connectivity index (χ1n) is 9.78. The quantitative estimate of drug-likeness (QED) is 0.814. The van der Waals surface area contributed by atoms with Crippen molar-refractivity contribution in [1.82, 2.24) is 9.80 Å². The van der Waals surface area contributed by atoms with E-state index in [0.29, 0.717) is 37.4 Å². The molecule has 1 aliphatic carbocycles. The van der Waals surface area contributed by atoms with Crippen molar-refractivity contribution >= 4 is 11.8 Å². The molecule has 0 N–H and O–H groups in total. The van der Waals surface area contributed by atoms with Gasteiger partial charge >= 0.3 is 0 Å². The van der Waals surface area contributed by atoms with Crippen molar-refractivity contribution in [2.75, 3.05) is 26.7 Å². The molecule has 1 aromatic rings. The summed E-state index contributed by atoms with van der Waals surface area (Å²) >= 11 is 0. The highest BCUT2D eigenvalue weighted by atomic mass is 19.1. The van der Waals surface area contributed by atoms with E-state index in [9.17, 15) is 14.0 Å². The molecule has 1 saturated carbocycles. The van der Waals surface area contributed by atoms with Crippen LogP contribution in [-0.4, -0.2) is 48.4 Å². The Bertz CT molecular complexity index is 777. The van der Waals surface area contributed by atoms with Crippen molar-refractivity contribution in [3.8, 4) is 5.75 Å². The number of hydrogen-bond acceptors (Lipinski definition) is 3. The largest absolute Gasteiger partial charge is 0.497 e. The molecule has 1 atom stereocenters. The molecule has 2 amide bonds. The minimum absolute atomic E-state index is 0.0622. The molecule has 2 aliphatic heterocycles. The number of likely N-dealkylation sites (tertiary alicyclic amines) is 2. The number of nitrogens with zero attached hydrogens (tertiary/aromatic N) is 2. The Kier molecular flexibility index (Phi) is 4.40. The Hall–Kier alpha value is -2.11. The van der Waals surface area contributed by atoms with Gasteiger partial charge in [0.25, 0.3) is 0 Å². The topological polar surface area (TPSA) is 49.9 Å². The van der Waals surface area contributed by atoms with Gasteiger partial charge in [0.05, 0.1) is 12.5 Å². The Morgan fingerprint density at radius 2 is 2.00 bits per heavy atom. The summed E-state index contributed by atoms with van der Waals surface area (Å²) in [7, 11) is 1.54. The van der Waals surface area contributed by atoms with Crippen LogP contribution in [0.1, 0.15) is 44.6 Å². The monoisotopic (exact) mass is 374 g/mol. The zero-order valence-electron chi connectivity index (χ0n) is 16.1. The average Bonchev–Trinajstić information content (AvgIpc) is 3.28. The third-order valence-electron chi connectivity index (χ3n) is 6.60. The lowest BCUT2D eigenvalue weighted by molar-refractivity contribution is -0.147. The van der Waals surface area contributed by atoms with Gasteiger partial charge in [-0.2, -0.15) is 0 Å². The number of halogens is 1. The van der Waals surface area contributed by atoms with Crippen LogP contribution in [0.15, 0.2) is 18.2 Å². The number of ether oxygens (including phenoxy) is 1. The lowest BCUT2D eigenvalue weighted by Crippen LogP contribution is -2.50. The number of carbonyl (C=O) groups is 2. The molecule has 3 aliphatic rings. The zero-order chi connectivity index (χ0) is 19.2. The number of rotatable bonds is 4. The fraction of sp³-hybridized carbons (Fsp3) is 0.619. The van der Waals surface area contributed by atoms with Gasteiger partial charge in [0.1, 0.15) is 11.6 Å². The molecule has 0 unspecified atom stereocenters. The van der Waals surface area contributed by atoms with E-state index in [2.05, 4.69) is 0 Å². The van der Waals surface area contributed by atoms with Crippen molar-refractivity contribution in [1.29, 1.82) is 0 Å². The van der Waals surface area contributed by atoms with Crippen molar-refractivity contribution < 1.29 is 18.7 Å². The summed E-state index contributed by atoms with van der Waals surface area (Å²) in [6.45, 7) is 4.05. The number of carbonyl (C=O) groups excluding carboxylic acids is 2. The van der Waals surface area contributed by atoms with E-state index in [0.717, 1.165) is 25.7 Å². The molecule has 6 heteroatoms. The van der Waals surface area contributed by atoms with Crippen LogP contribution in [-0.2, 0) is 16.1 Å². The second kappa shape index (κ2) is 6.50. The van der Waals surface area contributed by atoms with Crippen LogP contribution >= 0.6 is 0 Å². The predicted octanol–water partition coefficient (Wildman–Crippen LogP) is 2.98. The van der Waals surface area contributed by atoms with Gasteiger partial charge in [-0.25, -0.2) is 4.39 Å². The molecule has 0 aromatic heterocycles. The number of benzene rings is 1. The second-order valence-corrected chi connectivity index (χ2v) is 8.61. The van der Waals surface area contributed by atoms with E-state index in [1.807, 2.05) is 11.8 Å². The fourth-order valence-corrected chi connectivity index (χ4v) is 4.52. The summed E-state index contributed by atoms with van der Waals surface area (Å²) in [5.41, 5.74) is -0.225. The molecule has 27 heavy (non-hydrogen) atoms. The van der Waals surface area contributed by atoms with Crippen LogP contribution in [0.5, 0.6) is 5.75 Å². The summed E-state index contributed by atoms with van der Waals surface area (Å²) in [5.74, 6) is 0.518. The first kappa shape index (κ1) is 18.3. The first-order valence-corrected chi connectivity index (χ1v) is 9.78. The highest BCUT2D eigenvalue weighted by Crippen LogP contribution is 2.49. The molecule has 1 spiro atoms. The van der Waals surface area contributed by atoms with Crippen LogP contribution in [0.4, 0.5) is 4.39 Å². The van der Waals surface area contributed by atoms with Crippen LogP contribution in [0.3, 0.4) is 0 Å². The lowest BCUT2D eigenvalue weighted by Gasteiger charge is -2.39. The van der Waals surface area contributed by atoms with E-state index in [4.69, 9.17) is 4.74 Å². The van der Waals surface area contributed by atoms with Gasteiger partial charge in [-0.05, 0) is 50.3 Å². The Balaban J connectivity index is 1.49. The minimum atomic E-state index is -0.492. The standard InChI is InChI=1S/C21H27FN2O3/c1-20(7-8-20)18(25)24-11-9-21(14-24)6-3-10-23(19(21)26)13-15-12-16(27-2)4-5-17(15)22/h4-5,12H,3,6-11,13-14H2,1-2H3/t21-/m1/s1. The van der Waals surface area contributed by atoms with Crippen LogP contribution in [0, 0.1) is 16.6 Å². The fourth-order valence-electron chi connectivity index (χ4n) is 4.52. The summed E-state index contributed by atoms with van der Waals surface area (Å²) in [6.07, 6.45) is 4.31. The molecule has 0 radical (unpaired) electrons. The van der Waals surface area contributed by atoms with Crippen molar-refractivity contribution in [2.24, 2.45) is 10.8 Å². The summed E-state index contributed by atoms with van der Waals surface area (Å²) in [5, 5.41) is 0. The number of piperidine rings is 1. The van der Waals surface area contributed by atoms with Crippen LogP contribution < -0.4 is 4.74 Å². The van der Waals surface area contributed by atoms with Gasteiger partial charge in [-0.1, -0.05) is 6.92 Å². The number of amides is 2. The molecule has 0 bridgehead atoms. The van der Waals surface area contributed by atoms with E-state index in [-0.39, 0.29) is 29.6 Å². The van der Waals surface area contributed by atoms with Gasteiger partial charge in [0.2, 0.25) is 11.8 Å². The van der Waals surface area contributed by atoms with Gasteiger partial charge in [0.15, 0.2) is 0 Å². The maximum absolute atomic E-state index is 14.2. The minimum Gasteiger partial charge on any atom is -0.497 e. The Morgan fingerprint density at radius 1 is 1.22 bits per heavy atom. The Labute approximate surface area is 159 Å². The lowest BCUT2D eigenvalue weighted by atomic mass is 9.78. The van der Waals surface area contributed by atoms with E-state index >= 15 is 0 Å². The van der Waals surface area contributed by atoms with Crippen LogP contribution in [0.25, 0.3) is 0 Å². The van der Waals surface area contributed by atoms with E-state index in [1.165, 1.54) is 6.07 Å². The maximum Gasteiger partial charge on any atom is 0.230 e. The van der Waals surface area contributed by atoms with Gasteiger partial charge in [0, 0.05) is 37.2 Å². The van der Waals surface area contributed by atoms with Gasteiger partial charge in [-0.3, -0.25) is 9.59 Å². The predicted molar refractivity (Wildman–Crippen MR) is 98.6 cm³/mol. The summed E-state index contributed by atoms with van der Waals surface area (Å²) < 4.78 is 19.4. The normalized spacial score (nSPS) is 26.6. The molecule has 2 heterocycles. The zero-order valence-corrected chi connectivity index (χ0v) is 16.1. The van der Waals surface area contributed by atoms with Crippen molar-refractivity contribution in [3.63, 3.8) is 0 Å². The van der Waals surface area contributed by atoms with Crippen molar-refractivity contribution in [2.45, 2.75) is 45.6 Å².